The molecule has 0 spiro atoms. The summed E-state index contributed by atoms with van der Waals surface area (Å²) in [6.45, 7) is 8.28. The number of hydrogen-bond donors (Lipinski definition) is 1. The third-order valence-electron chi connectivity index (χ3n) is 4.59. The van der Waals surface area contributed by atoms with Crippen molar-refractivity contribution in [2.24, 2.45) is 5.92 Å². The summed E-state index contributed by atoms with van der Waals surface area (Å²) in [7, 11) is 4.41. The van der Waals surface area contributed by atoms with E-state index < -0.39 is 0 Å². The Bertz CT molecular complexity index is 252. The van der Waals surface area contributed by atoms with Crippen molar-refractivity contribution in [2.45, 2.75) is 57.7 Å². The zero-order chi connectivity index (χ0) is 13.1. The minimum absolute atomic E-state index is 0.627. The highest BCUT2D eigenvalue weighted by atomic mass is 15.3. The summed E-state index contributed by atoms with van der Waals surface area (Å²) < 4.78 is 0. The van der Waals surface area contributed by atoms with Crippen LogP contribution in [0.15, 0.2) is 0 Å². The lowest BCUT2D eigenvalue weighted by Gasteiger charge is -2.46. The van der Waals surface area contributed by atoms with Crippen molar-refractivity contribution in [1.29, 1.82) is 0 Å². The number of hydrogen-bond acceptors (Lipinski definition) is 3. The molecule has 1 saturated carbocycles. The quantitative estimate of drug-likeness (QED) is 0.778. The average molecular weight is 253 g/mol. The molecule has 1 heterocycles. The fourth-order valence-electron chi connectivity index (χ4n) is 3.53. The van der Waals surface area contributed by atoms with E-state index in [9.17, 15) is 0 Å². The van der Waals surface area contributed by atoms with Crippen LogP contribution in [-0.2, 0) is 0 Å². The van der Waals surface area contributed by atoms with Crippen LogP contribution in [-0.4, -0.2) is 61.7 Å². The molecule has 0 bridgehead atoms. The molecule has 0 aromatic rings. The van der Waals surface area contributed by atoms with Crippen LogP contribution >= 0.6 is 0 Å². The van der Waals surface area contributed by atoms with Gasteiger partial charge in [-0.05, 0) is 58.8 Å². The average Bonchev–Trinajstić information content (AvgIpc) is 2.63. The van der Waals surface area contributed by atoms with Gasteiger partial charge in [-0.1, -0.05) is 13.8 Å². The molecular formula is C15H31N3. The number of likely N-dealkylation sites (tertiary alicyclic amines) is 1. The SMILES string of the molecule is CC(C)NCC1CCC1N1CCCC1CN(C)C. The number of nitrogens with one attached hydrogen (secondary N) is 1. The van der Waals surface area contributed by atoms with E-state index in [1.165, 1.54) is 45.3 Å². The Balaban J connectivity index is 1.82. The largest absolute Gasteiger partial charge is 0.314 e. The minimum Gasteiger partial charge on any atom is -0.314 e. The van der Waals surface area contributed by atoms with Gasteiger partial charge in [0.05, 0.1) is 0 Å². The second-order valence-corrected chi connectivity index (χ2v) is 6.76. The monoisotopic (exact) mass is 253 g/mol. The van der Waals surface area contributed by atoms with Gasteiger partial charge in [-0.3, -0.25) is 4.90 Å². The van der Waals surface area contributed by atoms with E-state index in [2.05, 4.69) is 43.1 Å². The number of likely N-dealkylation sites (N-methyl/N-ethyl adjacent to an activating group) is 1. The Kier molecular flexibility index (Phi) is 5.05. The van der Waals surface area contributed by atoms with Gasteiger partial charge in [0, 0.05) is 24.7 Å². The first-order valence-corrected chi connectivity index (χ1v) is 7.71. The zero-order valence-electron chi connectivity index (χ0n) is 12.7. The molecule has 3 atom stereocenters. The van der Waals surface area contributed by atoms with Crippen LogP contribution in [0.1, 0.15) is 39.5 Å². The normalized spacial score (nSPS) is 33.3. The van der Waals surface area contributed by atoms with E-state index in [0.29, 0.717) is 6.04 Å². The molecule has 0 amide bonds. The summed E-state index contributed by atoms with van der Waals surface area (Å²) >= 11 is 0. The lowest BCUT2D eigenvalue weighted by Crippen LogP contribution is -2.54. The van der Waals surface area contributed by atoms with Gasteiger partial charge < -0.3 is 10.2 Å². The molecule has 106 valence electrons. The molecule has 0 radical (unpaired) electrons. The van der Waals surface area contributed by atoms with Crippen molar-refractivity contribution < 1.29 is 0 Å². The van der Waals surface area contributed by atoms with E-state index in [0.717, 1.165) is 18.0 Å². The van der Waals surface area contributed by atoms with Crippen LogP contribution in [0.25, 0.3) is 0 Å². The molecule has 1 N–H and O–H groups in total. The van der Waals surface area contributed by atoms with Gasteiger partial charge in [0.2, 0.25) is 0 Å². The van der Waals surface area contributed by atoms with Crippen LogP contribution in [0.2, 0.25) is 0 Å². The molecule has 0 aromatic carbocycles. The molecular weight excluding hydrogens is 222 g/mol. The Hall–Kier alpha value is -0.120. The van der Waals surface area contributed by atoms with Gasteiger partial charge in [0.25, 0.3) is 0 Å². The van der Waals surface area contributed by atoms with E-state index >= 15 is 0 Å². The predicted octanol–water partition coefficient (Wildman–Crippen LogP) is 1.79. The van der Waals surface area contributed by atoms with Crippen LogP contribution < -0.4 is 5.32 Å². The molecule has 2 rings (SSSR count). The van der Waals surface area contributed by atoms with Crippen molar-refractivity contribution in [1.82, 2.24) is 15.1 Å². The van der Waals surface area contributed by atoms with Crippen LogP contribution in [0, 0.1) is 5.92 Å². The smallest absolute Gasteiger partial charge is 0.0226 e. The second-order valence-electron chi connectivity index (χ2n) is 6.76. The maximum absolute atomic E-state index is 3.62. The van der Waals surface area contributed by atoms with Crippen molar-refractivity contribution in [3.05, 3.63) is 0 Å². The Morgan fingerprint density at radius 1 is 1.22 bits per heavy atom. The summed E-state index contributed by atoms with van der Waals surface area (Å²) in [5, 5.41) is 3.62. The van der Waals surface area contributed by atoms with Crippen molar-refractivity contribution in [3.63, 3.8) is 0 Å². The fraction of sp³-hybridized carbons (Fsp3) is 1.00. The molecule has 3 heteroatoms. The van der Waals surface area contributed by atoms with Crippen molar-refractivity contribution >= 4 is 0 Å². The molecule has 3 nitrogen and oxygen atoms in total. The van der Waals surface area contributed by atoms with Gasteiger partial charge in [-0.25, -0.2) is 0 Å². The van der Waals surface area contributed by atoms with E-state index in [1.807, 2.05) is 0 Å². The van der Waals surface area contributed by atoms with Crippen molar-refractivity contribution in [3.8, 4) is 0 Å². The second kappa shape index (κ2) is 6.36. The molecule has 1 aliphatic carbocycles. The Morgan fingerprint density at radius 2 is 2.00 bits per heavy atom. The van der Waals surface area contributed by atoms with Gasteiger partial charge in [0.15, 0.2) is 0 Å². The topological polar surface area (TPSA) is 18.5 Å². The third kappa shape index (κ3) is 3.46. The first-order chi connectivity index (χ1) is 8.58. The predicted molar refractivity (Wildman–Crippen MR) is 77.9 cm³/mol. The van der Waals surface area contributed by atoms with Gasteiger partial charge >= 0.3 is 0 Å². The first-order valence-electron chi connectivity index (χ1n) is 7.71. The highest BCUT2D eigenvalue weighted by molar-refractivity contribution is 4.95. The summed E-state index contributed by atoms with van der Waals surface area (Å²) in [6, 6.07) is 2.30. The summed E-state index contributed by atoms with van der Waals surface area (Å²) in [6.07, 6.45) is 5.66. The summed E-state index contributed by atoms with van der Waals surface area (Å²) in [5.41, 5.74) is 0. The van der Waals surface area contributed by atoms with Gasteiger partial charge in [-0.15, -0.1) is 0 Å². The standard InChI is InChI=1S/C15H31N3/c1-12(2)16-10-13-7-8-15(13)18-9-5-6-14(18)11-17(3)4/h12-16H,5-11H2,1-4H3. The number of nitrogens with zero attached hydrogens (tertiary/aromatic N) is 2. The first kappa shape index (κ1) is 14.3. The van der Waals surface area contributed by atoms with Gasteiger partial charge in [0.1, 0.15) is 0 Å². The summed E-state index contributed by atoms with van der Waals surface area (Å²) in [4.78, 5) is 5.17. The molecule has 18 heavy (non-hydrogen) atoms. The highest BCUT2D eigenvalue weighted by Gasteiger charge is 2.40. The summed E-state index contributed by atoms with van der Waals surface area (Å²) in [5.74, 6) is 0.898. The third-order valence-corrected chi connectivity index (χ3v) is 4.59. The van der Waals surface area contributed by atoms with E-state index in [4.69, 9.17) is 0 Å². The van der Waals surface area contributed by atoms with E-state index in [1.54, 1.807) is 0 Å². The minimum atomic E-state index is 0.627. The molecule has 1 aliphatic heterocycles. The molecule has 2 fully saturated rings. The fourth-order valence-corrected chi connectivity index (χ4v) is 3.53. The lowest BCUT2D eigenvalue weighted by atomic mass is 9.78. The van der Waals surface area contributed by atoms with Crippen molar-refractivity contribution in [2.75, 3.05) is 33.7 Å². The molecule has 0 aromatic heterocycles. The van der Waals surface area contributed by atoms with Crippen LogP contribution in [0.3, 0.4) is 0 Å². The van der Waals surface area contributed by atoms with E-state index in [-0.39, 0.29) is 0 Å². The highest BCUT2D eigenvalue weighted by Crippen LogP contribution is 2.36. The maximum atomic E-state index is 3.62. The van der Waals surface area contributed by atoms with Crippen LogP contribution in [0.5, 0.6) is 0 Å². The molecule has 2 aliphatic rings. The Morgan fingerprint density at radius 3 is 2.56 bits per heavy atom. The molecule has 3 unspecified atom stereocenters. The molecule has 1 saturated heterocycles. The van der Waals surface area contributed by atoms with Gasteiger partial charge in [-0.2, -0.15) is 0 Å². The Labute approximate surface area is 113 Å². The maximum Gasteiger partial charge on any atom is 0.0226 e. The number of rotatable bonds is 6. The lowest BCUT2D eigenvalue weighted by molar-refractivity contribution is 0.0428. The van der Waals surface area contributed by atoms with Crippen LogP contribution in [0.4, 0.5) is 0 Å². The zero-order valence-corrected chi connectivity index (χ0v) is 12.7.